The average Bonchev–Trinajstić information content (AvgIpc) is 2.93. The summed E-state index contributed by atoms with van der Waals surface area (Å²) in [4.78, 5) is 54.2. The lowest BCUT2D eigenvalue weighted by Gasteiger charge is -2.27. The summed E-state index contributed by atoms with van der Waals surface area (Å²) < 4.78 is 11.1. The van der Waals surface area contributed by atoms with Crippen LogP contribution in [0.1, 0.15) is 49.0 Å². The van der Waals surface area contributed by atoms with E-state index in [0.29, 0.717) is 31.6 Å². The number of nitrogens with one attached hydrogen (secondary N) is 3. The van der Waals surface area contributed by atoms with Crippen molar-refractivity contribution < 1.29 is 28.7 Å². The number of hydrogen-bond acceptors (Lipinski definition) is 6. The number of benzene rings is 2. The molecule has 0 bridgehead atoms. The van der Waals surface area contributed by atoms with Crippen molar-refractivity contribution in [2.75, 3.05) is 33.9 Å². The fourth-order valence-corrected chi connectivity index (χ4v) is 4.48. The first-order valence-corrected chi connectivity index (χ1v) is 13.7. The third kappa shape index (κ3) is 9.00. The summed E-state index contributed by atoms with van der Waals surface area (Å²) in [5.41, 5.74) is 1.31. The average molecular weight is 553 g/mol. The Hall–Kier alpha value is -4.08. The quantitative estimate of drug-likeness (QED) is 0.432. The Morgan fingerprint density at radius 3 is 2.65 bits per heavy atom. The smallest absolute Gasteiger partial charge is 0.255 e. The predicted octanol–water partition coefficient (Wildman–Crippen LogP) is 2.31. The van der Waals surface area contributed by atoms with Crippen LogP contribution in [0.25, 0.3) is 0 Å². The molecule has 0 unspecified atom stereocenters. The van der Waals surface area contributed by atoms with Gasteiger partial charge in [-0.2, -0.15) is 0 Å². The first kappa shape index (κ1) is 30.5. The van der Waals surface area contributed by atoms with Crippen molar-refractivity contribution in [3.8, 4) is 11.5 Å². The minimum atomic E-state index is -1.15. The van der Waals surface area contributed by atoms with Gasteiger partial charge < -0.3 is 30.3 Å². The van der Waals surface area contributed by atoms with Gasteiger partial charge in [-0.15, -0.1) is 0 Å². The van der Waals surface area contributed by atoms with E-state index in [1.54, 1.807) is 38.4 Å². The van der Waals surface area contributed by atoms with E-state index in [9.17, 15) is 19.2 Å². The van der Waals surface area contributed by atoms with Crippen LogP contribution in [0.5, 0.6) is 11.5 Å². The lowest BCUT2D eigenvalue weighted by Crippen LogP contribution is -2.53. The van der Waals surface area contributed by atoms with Crippen molar-refractivity contribution in [1.29, 1.82) is 0 Å². The Morgan fingerprint density at radius 2 is 1.90 bits per heavy atom. The molecule has 216 valence electrons. The van der Waals surface area contributed by atoms with E-state index in [2.05, 4.69) is 16.0 Å². The number of fused-ring (bicyclic) bond motifs is 1. The first-order valence-electron chi connectivity index (χ1n) is 13.7. The number of ether oxygens (including phenoxy) is 2. The fraction of sp³-hybridized carbons (Fsp3) is 0.467. The molecule has 10 nitrogen and oxygen atoms in total. The Morgan fingerprint density at radius 1 is 1.12 bits per heavy atom. The molecule has 0 aromatic heterocycles. The highest BCUT2D eigenvalue weighted by Crippen LogP contribution is 2.19. The molecule has 0 spiro atoms. The van der Waals surface area contributed by atoms with Crippen LogP contribution in [0, 0.1) is 5.92 Å². The molecule has 0 fully saturated rings. The maximum absolute atomic E-state index is 13.2. The topological polar surface area (TPSA) is 126 Å². The number of rotatable bonds is 8. The monoisotopic (exact) mass is 552 g/mol. The Kier molecular flexibility index (Phi) is 11.4. The molecular weight excluding hydrogens is 512 g/mol. The van der Waals surface area contributed by atoms with Gasteiger partial charge in [0.05, 0.1) is 25.6 Å². The molecular formula is C30H40N4O6. The first-order chi connectivity index (χ1) is 19.2. The second-order valence-corrected chi connectivity index (χ2v) is 10.3. The summed E-state index contributed by atoms with van der Waals surface area (Å²) in [5.74, 6) is -0.501. The van der Waals surface area contributed by atoms with Crippen molar-refractivity contribution >= 4 is 23.6 Å². The maximum Gasteiger partial charge on any atom is 0.255 e. The minimum absolute atomic E-state index is 0.146. The molecule has 0 radical (unpaired) electrons. The third-order valence-corrected chi connectivity index (χ3v) is 6.62. The number of likely N-dealkylation sites (N-methyl/N-ethyl adjacent to an activating group) is 1. The molecule has 3 rings (SSSR count). The van der Waals surface area contributed by atoms with Crippen LogP contribution in [0.3, 0.4) is 0 Å². The van der Waals surface area contributed by atoms with Crippen molar-refractivity contribution in [2.45, 2.75) is 51.6 Å². The summed E-state index contributed by atoms with van der Waals surface area (Å²) in [6.45, 7) is 4.72. The second kappa shape index (κ2) is 14.9. The van der Waals surface area contributed by atoms with Crippen molar-refractivity contribution in [3.05, 3.63) is 59.7 Å². The van der Waals surface area contributed by atoms with E-state index in [-0.39, 0.29) is 37.0 Å². The van der Waals surface area contributed by atoms with Gasteiger partial charge in [0.1, 0.15) is 30.2 Å². The van der Waals surface area contributed by atoms with Crippen LogP contribution in [-0.2, 0) is 20.8 Å². The summed E-state index contributed by atoms with van der Waals surface area (Å²) in [6.07, 6.45) is 1.49. The molecule has 2 aromatic carbocycles. The lowest BCUT2D eigenvalue weighted by molar-refractivity contribution is -0.136. The third-order valence-electron chi connectivity index (χ3n) is 6.62. The number of amides is 4. The Balaban J connectivity index is 1.76. The highest BCUT2D eigenvalue weighted by molar-refractivity contribution is 6.01. The molecule has 3 N–H and O–H groups in total. The molecule has 2 atom stereocenters. The number of para-hydroxylation sites is 1. The van der Waals surface area contributed by atoms with Crippen LogP contribution in [-0.4, -0.2) is 74.5 Å². The van der Waals surface area contributed by atoms with Crippen molar-refractivity contribution in [2.24, 2.45) is 5.92 Å². The predicted molar refractivity (Wildman–Crippen MR) is 151 cm³/mol. The molecule has 0 aliphatic carbocycles. The fourth-order valence-electron chi connectivity index (χ4n) is 4.48. The number of methoxy groups -OCH3 is 1. The number of hydrogen-bond donors (Lipinski definition) is 3. The van der Waals surface area contributed by atoms with E-state index in [4.69, 9.17) is 9.47 Å². The number of carbonyl (C=O) groups excluding carboxylic acids is 4. The van der Waals surface area contributed by atoms with Crippen LogP contribution < -0.4 is 25.4 Å². The van der Waals surface area contributed by atoms with Gasteiger partial charge in [0.15, 0.2) is 0 Å². The van der Waals surface area contributed by atoms with Crippen LogP contribution in [0.4, 0.5) is 0 Å². The van der Waals surface area contributed by atoms with Gasteiger partial charge >= 0.3 is 0 Å². The van der Waals surface area contributed by atoms with E-state index in [0.717, 1.165) is 11.3 Å². The van der Waals surface area contributed by atoms with Gasteiger partial charge in [-0.1, -0.05) is 38.1 Å². The second-order valence-electron chi connectivity index (χ2n) is 10.3. The normalized spacial score (nSPS) is 18.6. The molecule has 0 saturated heterocycles. The molecule has 1 aliphatic rings. The van der Waals surface area contributed by atoms with Crippen LogP contribution >= 0.6 is 0 Å². The maximum atomic E-state index is 13.2. The van der Waals surface area contributed by atoms with Gasteiger partial charge in [-0.3, -0.25) is 19.2 Å². The highest BCUT2D eigenvalue weighted by Gasteiger charge is 2.30. The SMILES string of the molecule is COc1cccc(CCCNC(=O)[C@@H]2CC(=O)N[C@H](CC(C)C)C(=O)N(C)CCOc3ccccc3C(=O)N2)c1. The van der Waals surface area contributed by atoms with Gasteiger partial charge in [-0.05, 0) is 55.0 Å². The van der Waals surface area contributed by atoms with Gasteiger partial charge in [-0.25, -0.2) is 0 Å². The summed E-state index contributed by atoms with van der Waals surface area (Å²) in [6, 6.07) is 12.5. The minimum Gasteiger partial charge on any atom is -0.497 e. The van der Waals surface area contributed by atoms with Crippen molar-refractivity contribution in [1.82, 2.24) is 20.9 Å². The molecule has 4 amide bonds. The summed E-state index contributed by atoms with van der Waals surface area (Å²) in [5, 5.41) is 8.33. The largest absolute Gasteiger partial charge is 0.497 e. The highest BCUT2D eigenvalue weighted by atomic mass is 16.5. The number of aryl methyl sites for hydroxylation is 1. The zero-order valence-corrected chi connectivity index (χ0v) is 23.7. The number of nitrogens with zero attached hydrogens (tertiary/aromatic N) is 1. The van der Waals surface area contributed by atoms with Gasteiger partial charge in [0.2, 0.25) is 17.7 Å². The van der Waals surface area contributed by atoms with E-state index in [1.807, 2.05) is 38.1 Å². The zero-order valence-electron chi connectivity index (χ0n) is 23.7. The van der Waals surface area contributed by atoms with E-state index in [1.165, 1.54) is 4.90 Å². The Labute approximate surface area is 235 Å². The molecule has 0 saturated carbocycles. The zero-order chi connectivity index (χ0) is 29.1. The summed E-state index contributed by atoms with van der Waals surface area (Å²) >= 11 is 0. The van der Waals surface area contributed by atoms with Gasteiger partial charge in [0, 0.05) is 13.6 Å². The molecule has 40 heavy (non-hydrogen) atoms. The number of carbonyl (C=O) groups is 4. The molecule has 10 heteroatoms. The lowest BCUT2D eigenvalue weighted by atomic mass is 10.0. The summed E-state index contributed by atoms with van der Waals surface area (Å²) in [7, 11) is 3.26. The standard InChI is InChI=1S/C30H40N4O6/c1-20(2)17-25-30(38)34(3)15-16-40-26-13-6-5-12-23(26)28(36)33-24(19-27(35)32-25)29(37)31-14-8-10-21-9-7-11-22(18-21)39-4/h5-7,9,11-13,18,20,24-25H,8,10,14-17,19H2,1-4H3,(H,31,37)(H,32,35)(H,33,36)/t24-,25+/m0/s1. The molecule has 2 aromatic rings. The van der Waals surface area contributed by atoms with Gasteiger partial charge in [0.25, 0.3) is 5.91 Å². The Bertz CT molecular complexity index is 1180. The van der Waals surface area contributed by atoms with E-state index >= 15 is 0 Å². The molecule has 1 heterocycles. The van der Waals surface area contributed by atoms with E-state index < -0.39 is 29.8 Å². The van der Waals surface area contributed by atoms with Crippen molar-refractivity contribution in [3.63, 3.8) is 0 Å². The van der Waals surface area contributed by atoms with Crippen LogP contribution in [0.15, 0.2) is 48.5 Å². The van der Waals surface area contributed by atoms with Crippen LogP contribution in [0.2, 0.25) is 0 Å². The molecule has 1 aliphatic heterocycles.